The number of anilines is 1. The number of amides is 1. The third-order valence-electron chi connectivity index (χ3n) is 3.13. The van der Waals surface area contributed by atoms with Crippen molar-refractivity contribution in [2.24, 2.45) is 0 Å². The molecule has 1 amide bonds. The Balaban J connectivity index is 1.94. The highest BCUT2D eigenvalue weighted by Gasteiger charge is 2.17. The summed E-state index contributed by atoms with van der Waals surface area (Å²) >= 11 is 5.98. The van der Waals surface area contributed by atoms with Crippen molar-refractivity contribution in [3.63, 3.8) is 0 Å². The summed E-state index contributed by atoms with van der Waals surface area (Å²) in [7, 11) is 0. The first kappa shape index (κ1) is 14.5. The molecule has 0 fully saturated rings. The molecule has 0 atom stereocenters. The number of H-pyrrole nitrogens is 1. The molecule has 2 N–H and O–H groups in total. The molecular weight excluding hydrogens is 317 g/mol. The van der Waals surface area contributed by atoms with E-state index >= 15 is 0 Å². The Hall–Kier alpha value is -2.47. The van der Waals surface area contributed by atoms with Crippen molar-refractivity contribution in [1.82, 2.24) is 4.98 Å². The number of benzene rings is 2. The molecule has 0 radical (unpaired) electrons. The molecule has 1 aromatic heterocycles. The summed E-state index contributed by atoms with van der Waals surface area (Å²) in [5.41, 5.74) is 0.223. The number of halogens is 4. The van der Waals surface area contributed by atoms with Gasteiger partial charge in [-0.2, -0.15) is 0 Å². The van der Waals surface area contributed by atoms with Crippen molar-refractivity contribution in [2.45, 2.75) is 0 Å². The molecule has 1 heterocycles. The summed E-state index contributed by atoms with van der Waals surface area (Å²) in [6.45, 7) is 0. The second kappa shape index (κ2) is 5.38. The summed E-state index contributed by atoms with van der Waals surface area (Å²) < 4.78 is 39.5. The van der Waals surface area contributed by atoms with Crippen LogP contribution in [0.1, 0.15) is 10.5 Å². The topological polar surface area (TPSA) is 44.9 Å². The van der Waals surface area contributed by atoms with Gasteiger partial charge in [0.2, 0.25) is 0 Å². The average molecular weight is 325 g/mol. The van der Waals surface area contributed by atoms with Crippen molar-refractivity contribution in [3.8, 4) is 0 Å². The van der Waals surface area contributed by atoms with Crippen LogP contribution in [0.2, 0.25) is 5.02 Å². The third-order valence-corrected chi connectivity index (χ3v) is 3.45. The van der Waals surface area contributed by atoms with Crippen LogP contribution in [0.5, 0.6) is 0 Å². The highest BCUT2D eigenvalue weighted by atomic mass is 35.5. The first-order valence-electron chi connectivity index (χ1n) is 6.19. The van der Waals surface area contributed by atoms with Crippen molar-refractivity contribution >= 4 is 34.1 Å². The van der Waals surface area contributed by atoms with Crippen LogP contribution in [0, 0.1) is 17.5 Å². The van der Waals surface area contributed by atoms with E-state index in [0.29, 0.717) is 15.9 Å². The molecule has 0 spiro atoms. The first-order valence-corrected chi connectivity index (χ1v) is 6.57. The maximum atomic E-state index is 13.5. The van der Waals surface area contributed by atoms with E-state index in [0.717, 1.165) is 12.1 Å². The number of carbonyl (C=O) groups is 1. The third kappa shape index (κ3) is 2.42. The SMILES string of the molecule is O=C(Nc1ccc(F)c(F)c1F)c1cc2cccc(Cl)c2[nH]1. The predicted octanol–water partition coefficient (Wildman–Crippen LogP) is 4.49. The maximum Gasteiger partial charge on any atom is 0.272 e. The summed E-state index contributed by atoms with van der Waals surface area (Å²) in [5.74, 6) is -5.12. The Kier molecular flexibility index (Phi) is 3.54. The van der Waals surface area contributed by atoms with Gasteiger partial charge in [0.05, 0.1) is 16.2 Å². The van der Waals surface area contributed by atoms with Gasteiger partial charge in [-0.25, -0.2) is 13.2 Å². The second-order valence-electron chi connectivity index (χ2n) is 4.56. The van der Waals surface area contributed by atoms with Gasteiger partial charge in [-0.1, -0.05) is 23.7 Å². The molecule has 3 nitrogen and oxygen atoms in total. The van der Waals surface area contributed by atoms with E-state index in [-0.39, 0.29) is 5.69 Å². The van der Waals surface area contributed by atoms with Crippen LogP contribution in [0.25, 0.3) is 10.9 Å². The number of hydrogen-bond acceptors (Lipinski definition) is 1. The number of para-hydroxylation sites is 1. The summed E-state index contributed by atoms with van der Waals surface area (Å²) in [4.78, 5) is 14.9. The van der Waals surface area contributed by atoms with Gasteiger partial charge in [-0.15, -0.1) is 0 Å². The van der Waals surface area contributed by atoms with E-state index < -0.39 is 29.0 Å². The van der Waals surface area contributed by atoms with Crippen LogP contribution in [0.4, 0.5) is 18.9 Å². The molecule has 0 bridgehead atoms. The molecule has 7 heteroatoms. The lowest BCUT2D eigenvalue weighted by Crippen LogP contribution is -2.14. The van der Waals surface area contributed by atoms with E-state index in [1.54, 1.807) is 18.2 Å². The Labute approximate surface area is 127 Å². The van der Waals surface area contributed by atoms with Gasteiger partial charge in [0, 0.05) is 5.39 Å². The molecule has 112 valence electrons. The van der Waals surface area contributed by atoms with Gasteiger partial charge in [0.15, 0.2) is 17.5 Å². The normalized spacial score (nSPS) is 10.9. The molecule has 2 aromatic carbocycles. The smallest absolute Gasteiger partial charge is 0.272 e. The number of rotatable bonds is 2. The number of fused-ring (bicyclic) bond motifs is 1. The predicted molar refractivity (Wildman–Crippen MR) is 77.6 cm³/mol. The molecule has 3 rings (SSSR count). The van der Waals surface area contributed by atoms with E-state index in [1.165, 1.54) is 6.07 Å². The maximum absolute atomic E-state index is 13.5. The average Bonchev–Trinajstić information content (AvgIpc) is 2.93. The van der Waals surface area contributed by atoms with Crippen LogP contribution >= 0.6 is 11.6 Å². The molecule has 0 aliphatic heterocycles. The van der Waals surface area contributed by atoms with Crippen molar-refractivity contribution in [3.05, 3.63) is 64.6 Å². The van der Waals surface area contributed by atoms with E-state index in [4.69, 9.17) is 11.6 Å². The zero-order chi connectivity index (χ0) is 15.9. The van der Waals surface area contributed by atoms with Gasteiger partial charge in [-0.05, 0) is 24.3 Å². The highest BCUT2D eigenvalue weighted by molar-refractivity contribution is 6.35. The Morgan fingerprint density at radius 3 is 2.59 bits per heavy atom. The van der Waals surface area contributed by atoms with Crippen molar-refractivity contribution in [1.29, 1.82) is 0 Å². The fourth-order valence-electron chi connectivity index (χ4n) is 2.05. The standard InChI is InChI=1S/C15H8ClF3N2O/c16-8-3-1-2-7-6-11(20-14(7)8)15(22)21-10-5-4-9(17)12(18)13(10)19/h1-6,20H,(H,21,22). The Morgan fingerprint density at radius 1 is 1.09 bits per heavy atom. The molecule has 3 aromatic rings. The lowest BCUT2D eigenvalue weighted by Gasteiger charge is -2.06. The van der Waals surface area contributed by atoms with Crippen LogP contribution in [-0.2, 0) is 0 Å². The van der Waals surface area contributed by atoms with Gasteiger partial charge in [0.1, 0.15) is 5.69 Å². The number of carbonyl (C=O) groups excluding carboxylic acids is 1. The second-order valence-corrected chi connectivity index (χ2v) is 4.97. The minimum atomic E-state index is -1.64. The highest BCUT2D eigenvalue weighted by Crippen LogP contribution is 2.25. The lowest BCUT2D eigenvalue weighted by molar-refractivity contribution is 0.102. The largest absolute Gasteiger partial charge is 0.349 e. The minimum Gasteiger partial charge on any atom is -0.349 e. The monoisotopic (exact) mass is 324 g/mol. The quantitative estimate of drug-likeness (QED) is 0.670. The molecular formula is C15H8ClF3N2O. The fraction of sp³-hybridized carbons (Fsp3) is 0. The van der Waals surface area contributed by atoms with Gasteiger partial charge in [0.25, 0.3) is 5.91 Å². The van der Waals surface area contributed by atoms with Crippen LogP contribution in [0.3, 0.4) is 0 Å². The van der Waals surface area contributed by atoms with Crippen LogP contribution in [-0.4, -0.2) is 10.9 Å². The fourth-order valence-corrected chi connectivity index (χ4v) is 2.28. The van der Waals surface area contributed by atoms with Crippen molar-refractivity contribution < 1.29 is 18.0 Å². The molecule has 22 heavy (non-hydrogen) atoms. The number of aromatic nitrogens is 1. The van der Waals surface area contributed by atoms with E-state index in [2.05, 4.69) is 10.3 Å². The summed E-state index contributed by atoms with van der Waals surface area (Å²) in [6, 6.07) is 8.31. The summed E-state index contributed by atoms with van der Waals surface area (Å²) in [5, 5.41) is 3.30. The Morgan fingerprint density at radius 2 is 1.86 bits per heavy atom. The van der Waals surface area contributed by atoms with E-state index in [1.807, 2.05) is 0 Å². The van der Waals surface area contributed by atoms with Gasteiger partial charge < -0.3 is 10.3 Å². The number of hydrogen-bond donors (Lipinski definition) is 2. The molecule has 0 aliphatic rings. The summed E-state index contributed by atoms with van der Waals surface area (Å²) in [6.07, 6.45) is 0. The van der Waals surface area contributed by atoms with E-state index in [9.17, 15) is 18.0 Å². The molecule has 0 saturated carbocycles. The zero-order valence-corrected chi connectivity index (χ0v) is 11.6. The van der Waals surface area contributed by atoms with Crippen LogP contribution < -0.4 is 5.32 Å². The molecule has 0 unspecified atom stereocenters. The number of nitrogens with one attached hydrogen (secondary N) is 2. The first-order chi connectivity index (χ1) is 10.5. The van der Waals surface area contributed by atoms with Gasteiger partial charge >= 0.3 is 0 Å². The molecule has 0 aliphatic carbocycles. The van der Waals surface area contributed by atoms with Crippen molar-refractivity contribution in [2.75, 3.05) is 5.32 Å². The van der Waals surface area contributed by atoms with Crippen LogP contribution in [0.15, 0.2) is 36.4 Å². The number of aromatic amines is 1. The molecule has 0 saturated heterocycles. The zero-order valence-electron chi connectivity index (χ0n) is 10.9. The Bertz CT molecular complexity index is 892. The lowest BCUT2D eigenvalue weighted by atomic mass is 10.2. The van der Waals surface area contributed by atoms with Gasteiger partial charge in [-0.3, -0.25) is 4.79 Å². The minimum absolute atomic E-state index is 0.118.